The van der Waals surface area contributed by atoms with Crippen LogP contribution in [0.2, 0.25) is 0 Å². The molecule has 2 atom stereocenters. The van der Waals surface area contributed by atoms with Crippen molar-refractivity contribution >= 4 is 22.8 Å². The Morgan fingerprint density at radius 1 is 1.09 bits per heavy atom. The van der Waals surface area contributed by atoms with Gasteiger partial charge in [-0.15, -0.1) is 0 Å². The average molecular weight is 472 g/mol. The summed E-state index contributed by atoms with van der Waals surface area (Å²) in [5.41, 5.74) is 7.92. The Kier molecular flexibility index (Phi) is 5.26. The van der Waals surface area contributed by atoms with Crippen LogP contribution in [0.4, 0.5) is 5.82 Å². The molecule has 0 aliphatic carbocycles. The maximum atomic E-state index is 13.7. The molecule has 2 saturated heterocycles. The van der Waals surface area contributed by atoms with Gasteiger partial charge in [0.1, 0.15) is 22.8 Å². The van der Waals surface area contributed by atoms with Crippen molar-refractivity contribution in [2.75, 3.05) is 18.9 Å². The maximum Gasteiger partial charge on any atom is 0.333 e. The maximum absolute atomic E-state index is 13.7. The highest BCUT2D eigenvalue weighted by Gasteiger charge is 2.40. The molecule has 9 nitrogen and oxygen atoms in total. The monoisotopic (exact) mass is 471 g/mol. The number of amides is 1. The lowest BCUT2D eigenvalue weighted by Gasteiger charge is -2.24. The third-order valence-corrected chi connectivity index (χ3v) is 6.60. The van der Waals surface area contributed by atoms with Crippen molar-refractivity contribution in [3.63, 3.8) is 0 Å². The van der Waals surface area contributed by atoms with Crippen LogP contribution in [0.15, 0.2) is 71.7 Å². The summed E-state index contributed by atoms with van der Waals surface area (Å²) in [7, 11) is 0. The van der Waals surface area contributed by atoms with E-state index in [1.165, 1.54) is 0 Å². The number of rotatable bonds is 6. The average Bonchev–Trinajstić information content (AvgIpc) is 3.56. The van der Waals surface area contributed by atoms with Crippen LogP contribution in [0.5, 0.6) is 11.5 Å². The highest BCUT2D eigenvalue weighted by atomic mass is 16.6. The minimum absolute atomic E-state index is 0.0134. The normalized spacial score (nSPS) is 19.3. The smallest absolute Gasteiger partial charge is 0.333 e. The van der Waals surface area contributed by atoms with Crippen LogP contribution >= 0.6 is 0 Å². The quantitative estimate of drug-likeness (QED) is 0.433. The summed E-state index contributed by atoms with van der Waals surface area (Å²) in [6.45, 7) is 1.55. The van der Waals surface area contributed by atoms with E-state index in [1.54, 1.807) is 21.4 Å². The van der Waals surface area contributed by atoms with Crippen molar-refractivity contribution < 1.29 is 14.3 Å². The molecule has 1 amide bonds. The first-order chi connectivity index (χ1) is 17.1. The molecule has 6 rings (SSSR count). The van der Waals surface area contributed by atoms with Gasteiger partial charge in [0, 0.05) is 25.3 Å². The highest BCUT2D eigenvalue weighted by molar-refractivity contribution is 5.87. The van der Waals surface area contributed by atoms with E-state index in [1.807, 2.05) is 59.5 Å². The van der Waals surface area contributed by atoms with Crippen molar-refractivity contribution in [1.82, 2.24) is 19.0 Å². The van der Waals surface area contributed by atoms with E-state index in [4.69, 9.17) is 15.2 Å². The Morgan fingerprint density at radius 3 is 2.57 bits per heavy atom. The Labute approximate surface area is 201 Å². The molecule has 2 aromatic heterocycles. The van der Waals surface area contributed by atoms with E-state index in [0.29, 0.717) is 42.2 Å². The Morgan fingerprint density at radius 2 is 1.83 bits per heavy atom. The molecule has 2 N–H and O–H groups in total. The minimum Gasteiger partial charge on any atom is -0.457 e. The number of fused-ring (bicyclic) bond motifs is 1. The fourth-order valence-corrected chi connectivity index (χ4v) is 4.83. The number of pyridine rings is 1. The van der Waals surface area contributed by atoms with E-state index >= 15 is 0 Å². The number of anilines is 1. The molecule has 2 aliphatic heterocycles. The zero-order chi connectivity index (χ0) is 23.9. The first-order valence-corrected chi connectivity index (χ1v) is 11.7. The van der Waals surface area contributed by atoms with Crippen LogP contribution in [0.25, 0.3) is 16.7 Å². The molecular formula is C26H25N5O4. The molecular weight excluding hydrogens is 446 g/mol. The predicted molar refractivity (Wildman–Crippen MR) is 131 cm³/mol. The molecule has 0 radical (unpaired) electrons. The molecule has 4 aromatic rings. The summed E-state index contributed by atoms with van der Waals surface area (Å²) in [6.07, 6.45) is 3.02. The SMILES string of the molecule is Nc1nccc2c1n(-c1ccc(Oc3ccccc3)cc1)c(=O)n2C[C@H]1CCCN1C(=O)C1CO1. The summed E-state index contributed by atoms with van der Waals surface area (Å²) in [5, 5.41) is 0. The lowest BCUT2D eigenvalue weighted by molar-refractivity contribution is -0.133. The number of hydrogen-bond donors (Lipinski definition) is 1. The predicted octanol–water partition coefficient (Wildman–Crippen LogP) is 2.95. The third-order valence-electron chi connectivity index (χ3n) is 6.60. The highest BCUT2D eigenvalue weighted by Crippen LogP contribution is 2.28. The topological polar surface area (TPSA) is 108 Å². The van der Waals surface area contributed by atoms with Gasteiger partial charge < -0.3 is 20.1 Å². The number of benzene rings is 2. The van der Waals surface area contributed by atoms with Gasteiger partial charge in [0.05, 0.1) is 17.8 Å². The molecule has 35 heavy (non-hydrogen) atoms. The summed E-state index contributed by atoms with van der Waals surface area (Å²) in [6, 6.07) is 18.5. The second-order valence-corrected chi connectivity index (χ2v) is 8.85. The van der Waals surface area contributed by atoms with Crippen LogP contribution in [0, 0.1) is 0 Å². The summed E-state index contributed by atoms with van der Waals surface area (Å²) in [5.74, 6) is 1.67. The number of nitrogen functional groups attached to an aromatic ring is 1. The third kappa shape index (κ3) is 3.93. The molecule has 0 bridgehead atoms. The van der Waals surface area contributed by atoms with E-state index in [2.05, 4.69) is 4.98 Å². The second-order valence-electron chi connectivity index (χ2n) is 8.85. The number of nitrogens with zero attached hydrogens (tertiary/aromatic N) is 4. The van der Waals surface area contributed by atoms with Crippen LogP contribution in [0.3, 0.4) is 0 Å². The van der Waals surface area contributed by atoms with Crippen molar-refractivity contribution in [3.8, 4) is 17.2 Å². The van der Waals surface area contributed by atoms with Crippen LogP contribution in [-0.2, 0) is 16.1 Å². The van der Waals surface area contributed by atoms with Gasteiger partial charge >= 0.3 is 5.69 Å². The second kappa shape index (κ2) is 8.59. The lowest BCUT2D eigenvalue weighted by Crippen LogP contribution is -2.42. The number of likely N-dealkylation sites (tertiary alicyclic amines) is 1. The molecule has 2 fully saturated rings. The van der Waals surface area contributed by atoms with Crippen LogP contribution < -0.4 is 16.2 Å². The standard InChI is InChI=1S/C26H25N5O4/c27-24-23-21(12-13-28-24)30(15-18-5-4-14-29(18)25(32)22-16-34-22)26(33)31(23)17-8-10-20(11-9-17)35-19-6-2-1-3-7-19/h1-3,6-13,18,22H,4-5,14-16H2,(H2,27,28)/t18-,22?/m1/s1. The van der Waals surface area contributed by atoms with E-state index < -0.39 is 0 Å². The van der Waals surface area contributed by atoms with Gasteiger partial charge in [0.2, 0.25) is 0 Å². The van der Waals surface area contributed by atoms with Gasteiger partial charge in [-0.1, -0.05) is 18.2 Å². The number of carbonyl (C=O) groups is 1. The van der Waals surface area contributed by atoms with Crippen molar-refractivity contribution in [3.05, 3.63) is 77.3 Å². The number of aromatic nitrogens is 3. The summed E-state index contributed by atoms with van der Waals surface area (Å²) < 4.78 is 14.4. The molecule has 4 heterocycles. The van der Waals surface area contributed by atoms with Gasteiger partial charge in [-0.25, -0.2) is 9.78 Å². The lowest BCUT2D eigenvalue weighted by atomic mass is 10.2. The molecule has 0 spiro atoms. The van der Waals surface area contributed by atoms with E-state index in [0.717, 1.165) is 18.6 Å². The van der Waals surface area contributed by atoms with Crippen LogP contribution in [0.1, 0.15) is 12.8 Å². The van der Waals surface area contributed by atoms with Crippen molar-refractivity contribution in [2.45, 2.75) is 31.5 Å². The zero-order valence-electron chi connectivity index (χ0n) is 19.0. The number of epoxide rings is 1. The van der Waals surface area contributed by atoms with E-state index in [9.17, 15) is 9.59 Å². The molecule has 1 unspecified atom stereocenters. The zero-order valence-corrected chi connectivity index (χ0v) is 19.0. The molecule has 9 heteroatoms. The van der Waals surface area contributed by atoms with Crippen molar-refractivity contribution in [1.29, 1.82) is 0 Å². The first-order valence-electron chi connectivity index (χ1n) is 11.7. The number of imidazole rings is 1. The summed E-state index contributed by atoms with van der Waals surface area (Å²) >= 11 is 0. The van der Waals surface area contributed by atoms with Crippen LogP contribution in [-0.4, -0.2) is 50.2 Å². The Balaban J connectivity index is 1.36. The number of nitrogens with two attached hydrogens (primary N) is 1. The van der Waals surface area contributed by atoms with Gasteiger partial charge in [0.25, 0.3) is 5.91 Å². The number of carbonyl (C=O) groups excluding carboxylic acids is 1. The molecule has 178 valence electrons. The fourth-order valence-electron chi connectivity index (χ4n) is 4.83. The minimum atomic E-state index is -0.329. The summed E-state index contributed by atoms with van der Waals surface area (Å²) in [4.78, 5) is 32.5. The van der Waals surface area contributed by atoms with Crippen molar-refractivity contribution in [2.24, 2.45) is 0 Å². The first kappa shape index (κ1) is 21.4. The van der Waals surface area contributed by atoms with Gasteiger partial charge in [-0.3, -0.25) is 13.9 Å². The van der Waals surface area contributed by atoms with Gasteiger partial charge in [-0.2, -0.15) is 0 Å². The van der Waals surface area contributed by atoms with E-state index in [-0.39, 0.29) is 29.6 Å². The number of ether oxygens (including phenoxy) is 2. The Bertz CT molecular complexity index is 1440. The molecule has 2 aliphatic rings. The van der Waals surface area contributed by atoms with Gasteiger partial charge in [0.15, 0.2) is 6.10 Å². The largest absolute Gasteiger partial charge is 0.457 e. The molecule has 0 saturated carbocycles. The number of para-hydroxylation sites is 1. The Hall–Kier alpha value is -4.11. The molecule has 2 aromatic carbocycles. The van der Waals surface area contributed by atoms with Gasteiger partial charge in [-0.05, 0) is 55.3 Å². The number of hydrogen-bond acceptors (Lipinski definition) is 6. The fraction of sp³-hybridized carbons (Fsp3) is 0.269.